The second kappa shape index (κ2) is 36.8. The van der Waals surface area contributed by atoms with Gasteiger partial charge >= 0.3 is 12.1 Å². The number of benzene rings is 2. The molecule has 3 aliphatic heterocycles. The van der Waals surface area contributed by atoms with Gasteiger partial charge in [0.05, 0.1) is 141 Å². The monoisotopic (exact) mass is 1400 g/mol. The molecule has 7 N–H and O–H groups in total. The van der Waals surface area contributed by atoms with E-state index in [9.17, 15) is 53.1 Å². The number of halogens is 1. The molecule has 31 heteroatoms. The standard InChI is InChI=1S/C69H92FN9O21/c1-8-69(90)50-36-54-60-48(38-79(54)64(86)49(50)40-99-66(69)88)59-52(14-13-47-42(3)51(70)37-53(75-60)58(47)59)76-65(87)68(6,7)77-67(89)100-39-45-9-11-46(12-10-45)74-62(84)44(5)73-61(83)43(4)72-56(81)16-19-91-21-23-93-25-27-95-29-31-97-33-34-98-32-30-96-28-26-94-24-22-92-20-17-71-55(80)15-18-78-57(82)35-41(2)63(78)85/h9-12,36-37,41,43-44,52,90H,8,13-35,38-40H2,1-7H3,(H,71,80)(H,72,81)(H,73,83)(H,74,84)(H,76,87)(H,77,89)/t41?,43-,44-,52-,69-/m0/s1. The molecule has 8 rings (SSSR count). The lowest BCUT2D eigenvalue weighted by Gasteiger charge is -2.33. The summed E-state index contributed by atoms with van der Waals surface area (Å²) in [5.41, 5.74) is 0.563. The number of nitrogens with one attached hydrogen (secondary N) is 6. The Balaban J connectivity index is 0.616. The molecule has 5 heterocycles. The maximum atomic E-state index is 15.5. The van der Waals surface area contributed by atoms with Gasteiger partial charge in [-0.15, -0.1) is 0 Å². The first kappa shape index (κ1) is 77.3. The number of alkyl carbamates (subject to hydrolysis) is 1. The van der Waals surface area contributed by atoms with Crippen molar-refractivity contribution in [1.29, 1.82) is 0 Å². The first-order chi connectivity index (χ1) is 47.9. The molecule has 546 valence electrons. The molecular formula is C69H92FN9O21. The van der Waals surface area contributed by atoms with Crippen LogP contribution < -0.4 is 37.5 Å². The Labute approximate surface area is 578 Å². The lowest BCUT2D eigenvalue weighted by atomic mass is 9.81. The second-order valence-electron chi connectivity index (χ2n) is 25.1. The van der Waals surface area contributed by atoms with Crippen molar-refractivity contribution in [1.82, 2.24) is 41.0 Å². The van der Waals surface area contributed by atoms with E-state index in [1.165, 1.54) is 38.3 Å². The fourth-order valence-corrected chi connectivity index (χ4v) is 11.7. The number of hydrogen-bond donors (Lipinski definition) is 7. The van der Waals surface area contributed by atoms with Crippen molar-refractivity contribution in [2.24, 2.45) is 5.92 Å². The number of cyclic esters (lactones) is 1. The van der Waals surface area contributed by atoms with E-state index in [0.29, 0.717) is 156 Å². The van der Waals surface area contributed by atoms with Crippen molar-refractivity contribution in [2.45, 2.75) is 136 Å². The first-order valence-corrected chi connectivity index (χ1v) is 33.7. The number of esters is 1. The second-order valence-corrected chi connectivity index (χ2v) is 25.1. The number of fused-ring (bicyclic) bond motifs is 5. The maximum absolute atomic E-state index is 15.5. The number of nitrogens with zero attached hydrogens (tertiary/aromatic N) is 3. The number of rotatable bonds is 41. The van der Waals surface area contributed by atoms with E-state index in [1.54, 1.807) is 51.1 Å². The van der Waals surface area contributed by atoms with Gasteiger partial charge in [-0.2, -0.15) is 0 Å². The van der Waals surface area contributed by atoms with Crippen LogP contribution in [-0.4, -0.2) is 209 Å². The summed E-state index contributed by atoms with van der Waals surface area (Å²) in [6, 6.07) is 6.67. The van der Waals surface area contributed by atoms with Crippen LogP contribution in [0.5, 0.6) is 0 Å². The summed E-state index contributed by atoms with van der Waals surface area (Å²) in [4.78, 5) is 135. The molecule has 5 atom stereocenters. The van der Waals surface area contributed by atoms with Gasteiger partial charge < -0.3 is 88.9 Å². The van der Waals surface area contributed by atoms with Crippen LogP contribution in [0.3, 0.4) is 0 Å². The van der Waals surface area contributed by atoms with Crippen molar-refractivity contribution < 1.29 is 100 Å². The molecule has 4 aromatic rings. The zero-order valence-electron chi connectivity index (χ0n) is 57.7. The molecule has 30 nitrogen and oxygen atoms in total. The third kappa shape index (κ3) is 20.4. The van der Waals surface area contributed by atoms with Gasteiger partial charge in [0.25, 0.3) is 5.56 Å². The van der Waals surface area contributed by atoms with Gasteiger partial charge in [0.2, 0.25) is 41.4 Å². The SMILES string of the molecule is CC[C@@]1(O)C(=O)OCc2c1cc1n(c2=O)Cc2c-1nc1cc(F)c(C)c3c1c2[C@@H](NC(=O)C(C)(C)NC(=O)OCc1ccc(NC(=O)[C@H](C)NC(=O)[C@H](C)NC(=O)CCOCCOCCOCCOCCOCCOCCOCCOCCNC(=O)CCN2C(=O)CC(C)C2=O)cc1)CC3. The molecule has 0 bridgehead atoms. The smallest absolute Gasteiger partial charge is 0.408 e. The van der Waals surface area contributed by atoms with Crippen LogP contribution in [0.1, 0.15) is 119 Å². The van der Waals surface area contributed by atoms with Crippen molar-refractivity contribution in [3.8, 4) is 11.4 Å². The molecule has 4 aliphatic rings. The van der Waals surface area contributed by atoms with Crippen molar-refractivity contribution in [2.75, 3.05) is 124 Å². The summed E-state index contributed by atoms with van der Waals surface area (Å²) in [5.74, 6) is -4.50. The first-order valence-electron chi connectivity index (χ1n) is 33.7. The lowest BCUT2D eigenvalue weighted by molar-refractivity contribution is -0.172. The Hall–Kier alpha value is -8.40. The van der Waals surface area contributed by atoms with Crippen LogP contribution in [0.2, 0.25) is 0 Å². The van der Waals surface area contributed by atoms with Crippen molar-refractivity contribution >= 4 is 70.0 Å². The van der Waals surface area contributed by atoms with Crippen LogP contribution in [0.25, 0.3) is 22.3 Å². The van der Waals surface area contributed by atoms with E-state index in [-0.39, 0.29) is 107 Å². The third-order valence-electron chi connectivity index (χ3n) is 17.5. The number of ether oxygens (including phenoxy) is 10. The number of aryl methyl sites for hydroxylation is 1. The predicted octanol–water partition coefficient (Wildman–Crippen LogP) is 2.71. The molecule has 2 aromatic carbocycles. The number of imide groups is 1. The number of aliphatic hydroxyl groups is 1. The van der Waals surface area contributed by atoms with E-state index in [1.807, 2.05) is 0 Å². The summed E-state index contributed by atoms with van der Waals surface area (Å²) in [7, 11) is 0. The minimum Gasteiger partial charge on any atom is -0.458 e. The Morgan fingerprint density at radius 1 is 0.750 bits per heavy atom. The summed E-state index contributed by atoms with van der Waals surface area (Å²) in [6.07, 6.45) is 0.0270. The zero-order valence-corrected chi connectivity index (χ0v) is 57.7. The molecule has 1 fully saturated rings. The summed E-state index contributed by atoms with van der Waals surface area (Å²) >= 11 is 0. The number of anilines is 1. The van der Waals surface area contributed by atoms with Gasteiger partial charge in [-0.1, -0.05) is 26.0 Å². The number of carbonyl (C=O) groups excluding carboxylic acids is 9. The van der Waals surface area contributed by atoms with Crippen molar-refractivity contribution in [3.63, 3.8) is 0 Å². The number of carbonyl (C=O) groups is 9. The molecule has 100 heavy (non-hydrogen) atoms. The Kier molecular flexibility index (Phi) is 28.5. The number of likely N-dealkylation sites (tertiary alicyclic amines) is 1. The Morgan fingerprint density at radius 2 is 1.33 bits per heavy atom. The molecule has 1 unspecified atom stereocenters. The molecule has 1 aliphatic carbocycles. The van der Waals surface area contributed by atoms with E-state index >= 15 is 4.39 Å². The number of pyridine rings is 2. The highest BCUT2D eigenvalue weighted by Crippen LogP contribution is 2.46. The third-order valence-corrected chi connectivity index (χ3v) is 17.5. The normalized spacial score (nSPS) is 17.4. The van der Waals surface area contributed by atoms with E-state index in [0.717, 1.165) is 10.5 Å². The minimum absolute atomic E-state index is 0.0145. The van der Waals surface area contributed by atoms with E-state index in [4.69, 9.17) is 52.4 Å². The average molecular weight is 1400 g/mol. The Morgan fingerprint density at radius 3 is 1.91 bits per heavy atom. The van der Waals surface area contributed by atoms with Crippen LogP contribution in [0, 0.1) is 18.7 Å². The lowest BCUT2D eigenvalue weighted by Crippen LogP contribution is -2.55. The highest BCUT2D eigenvalue weighted by Gasteiger charge is 2.46. The van der Waals surface area contributed by atoms with Gasteiger partial charge in [-0.25, -0.2) is 19.0 Å². The van der Waals surface area contributed by atoms with Crippen LogP contribution in [0.15, 0.2) is 41.2 Å². The summed E-state index contributed by atoms with van der Waals surface area (Å²) in [5, 5.41) is 28.4. The fraction of sp³-hybridized carbons (Fsp3) is 0.580. The van der Waals surface area contributed by atoms with Crippen LogP contribution >= 0.6 is 0 Å². The number of hydrogen-bond acceptors (Lipinski definition) is 22. The van der Waals surface area contributed by atoms with E-state index in [2.05, 4.69) is 31.9 Å². The molecule has 0 spiro atoms. The molecule has 2 aromatic heterocycles. The van der Waals surface area contributed by atoms with Gasteiger partial charge in [-0.05, 0) is 94.3 Å². The molecule has 0 radical (unpaired) electrons. The van der Waals surface area contributed by atoms with Crippen LogP contribution in [-0.2, 0) is 118 Å². The van der Waals surface area contributed by atoms with E-state index < -0.39 is 76.3 Å². The minimum atomic E-state index is -2.06. The predicted molar refractivity (Wildman–Crippen MR) is 355 cm³/mol. The molecular weight excluding hydrogens is 1310 g/mol. The van der Waals surface area contributed by atoms with Crippen molar-refractivity contribution in [3.05, 3.63) is 91.5 Å². The summed E-state index contributed by atoms with van der Waals surface area (Å²) in [6.45, 7) is 16.4. The fourth-order valence-electron chi connectivity index (χ4n) is 11.7. The van der Waals surface area contributed by atoms with Gasteiger partial charge in [0.15, 0.2) is 5.60 Å². The highest BCUT2D eigenvalue weighted by atomic mass is 19.1. The molecule has 8 amide bonds. The highest BCUT2D eigenvalue weighted by molar-refractivity contribution is 6.03. The van der Waals surface area contributed by atoms with Gasteiger partial charge in [0.1, 0.15) is 36.7 Å². The zero-order chi connectivity index (χ0) is 72.1. The molecule has 1 saturated heterocycles. The maximum Gasteiger partial charge on any atom is 0.408 e. The quantitative estimate of drug-likeness (QED) is 0.0168. The Bertz CT molecular complexity index is 3660. The molecule has 0 saturated carbocycles. The van der Waals surface area contributed by atoms with Gasteiger partial charge in [-0.3, -0.25) is 43.3 Å². The van der Waals surface area contributed by atoms with Gasteiger partial charge in [0, 0.05) is 66.5 Å². The largest absolute Gasteiger partial charge is 0.458 e. The number of aromatic nitrogens is 2. The number of amides is 8. The van der Waals surface area contributed by atoms with Crippen LogP contribution in [0.4, 0.5) is 14.9 Å². The average Bonchev–Trinajstić information content (AvgIpc) is 1.48. The topological polar surface area (TPSA) is 376 Å². The summed E-state index contributed by atoms with van der Waals surface area (Å²) < 4.78 is 71.6.